The van der Waals surface area contributed by atoms with Gasteiger partial charge in [-0.05, 0) is 44.5 Å². The zero-order valence-corrected chi connectivity index (χ0v) is 15.0. The molecule has 0 atom stereocenters. The van der Waals surface area contributed by atoms with Crippen LogP contribution in [0.3, 0.4) is 0 Å². The van der Waals surface area contributed by atoms with Crippen molar-refractivity contribution in [2.75, 3.05) is 11.6 Å². The van der Waals surface area contributed by atoms with Crippen molar-refractivity contribution in [2.45, 2.75) is 31.3 Å². The number of sulfone groups is 1. The Bertz CT molecular complexity index is 851. The van der Waals surface area contributed by atoms with Gasteiger partial charge in [-0.25, -0.2) is 13.2 Å². The van der Waals surface area contributed by atoms with Crippen LogP contribution in [-0.2, 0) is 14.6 Å². The van der Waals surface area contributed by atoms with Crippen molar-refractivity contribution < 1.29 is 17.9 Å². The Kier molecular flexibility index (Phi) is 4.99. The van der Waals surface area contributed by atoms with Crippen LogP contribution in [0.1, 0.15) is 20.8 Å². The third-order valence-corrected chi connectivity index (χ3v) is 4.26. The monoisotopic (exact) mass is 347 g/mol. The zero-order valence-electron chi connectivity index (χ0n) is 14.2. The number of hydrogen-bond acceptors (Lipinski definition) is 4. The van der Waals surface area contributed by atoms with E-state index in [-0.39, 0.29) is 4.90 Å². The lowest BCUT2D eigenvalue weighted by atomic mass is 10.1. The van der Waals surface area contributed by atoms with Gasteiger partial charge in [0.1, 0.15) is 5.60 Å². The highest BCUT2D eigenvalue weighted by Gasteiger charge is 2.17. The maximum absolute atomic E-state index is 12.0. The molecule has 24 heavy (non-hydrogen) atoms. The average Bonchev–Trinajstić information content (AvgIpc) is 2.44. The summed E-state index contributed by atoms with van der Waals surface area (Å²) in [4.78, 5) is 12.1. The molecule has 0 heterocycles. The summed E-state index contributed by atoms with van der Waals surface area (Å²) < 4.78 is 29.1. The molecule has 0 fully saturated rings. The highest BCUT2D eigenvalue weighted by atomic mass is 32.2. The maximum atomic E-state index is 12.0. The third kappa shape index (κ3) is 4.83. The van der Waals surface area contributed by atoms with E-state index >= 15 is 0 Å². The Morgan fingerprint density at radius 1 is 1.04 bits per heavy atom. The first kappa shape index (κ1) is 18.0. The van der Waals surface area contributed by atoms with E-state index in [1.165, 1.54) is 6.26 Å². The average molecular weight is 347 g/mol. The van der Waals surface area contributed by atoms with Gasteiger partial charge in [-0.15, -0.1) is 0 Å². The van der Waals surface area contributed by atoms with Crippen LogP contribution in [0.15, 0.2) is 53.4 Å². The van der Waals surface area contributed by atoms with E-state index in [1.807, 2.05) is 0 Å². The summed E-state index contributed by atoms with van der Waals surface area (Å²) in [7, 11) is -3.35. The lowest BCUT2D eigenvalue weighted by molar-refractivity contribution is 0.0636. The number of carbonyl (C=O) groups excluding carboxylic acids is 1. The lowest BCUT2D eigenvalue weighted by Gasteiger charge is -2.19. The van der Waals surface area contributed by atoms with Gasteiger partial charge in [-0.1, -0.05) is 30.3 Å². The van der Waals surface area contributed by atoms with E-state index in [4.69, 9.17) is 4.74 Å². The molecule has 1 N–H and O–H groups in total. The molecule has 0 radical (unpaired) electrons. The Morgan fingerprint density at radius 3 is 2.33 bits per heavy atom. The minimum absolute atomic E-state index is 0.249. The van der Waals surface area contributed by atoms with Crippen LogP contribution >= 0.6 is 0 Å². The molecule has 2 rings (SSSR count). The van der Waals surface area contributed by atoms with Crippen LogP contribution in [0.25, 0.3) is 11.1 Å². The molecule has 0 spiro atoms. The number of nitrogens with one attached hydrogen (secondary N) is 1. The van der Waals surface area contributed by atoms with Gasteiger partial charge in [0, 0.05) is 17.5 Å². The summed E-state index contributed by atoms with van der Waals surface area (Å²) in [6, 6.07) is 13.7. The van der Waals surface area contributed by atoms with Crippen molar-refractivity contribution in [3.63, 3.8) is 0 Å². The molecule has 0 aliphatic heterocycles. The van der Waals surface area contributed by atoms with Crippen LogP contribution in [0.2, 0.25) is 0 Å². The van der Waals surface area contributed by atoms with Gasteiger partial charge >= 0.3 is 6.09 Å². The van der Waals surface area contributed by atoms with Gasteiger partial charge in [0.25, 0.3) is 0 Å². The predicted molar refractivity (Wildman–Crippen MR) is 94.8 cm³/mol. The fraction of sp³-hybridized carbons (Fsp3) is 0.278. The molecular weight excluding hydrogens is 326 g/mol. The van der Waals surface area contributed by atoms with Crippen molar-refractivity contribution >= 4 is 21.6 Å². The molecule has 0 saturated carbocycles. The fourth-order valence-electron chi connectivity index (χ4n) is 2.21. The van der Waals surface area contributed by atoms with Gasteiger partial charge < -0.3 is 4.74 Å². The summed E-state index contributed by atoms with van der Waals surface area (Å²) in [6.07, 6.45) is 0.616. The first-order valence-electron chi connectivity index (χ1n) is 7.46. The van der Waals surface area contributed by atoms with Crippen molar-refractivity contribution in [3.05, 3.63) is 48.5 Å². The van der Waals surface area contributed by atoms with Gasteiger partial charge in [-0.2, -0.15) is 0 Å². The predicted octanol–water partition coefficient (Wildman–Crippen LogP) is 4.10. The molecule has 0 unspecified atom stereocenters. The largest absolute Gasteiger partial charge is 0.444 e. The molecule has 0 aliphatic rings. The molecule has 1 amide bonds. The fourth-order valence-corrected chi connectivity index (χ4v) is 3.13. The van der Waals surface area contributed by atoms with Crippen LogP contribution < -0.4 is 5.32 Å². The summed E-state index contributed by atoms with van der Waals surface area (Å²) in [5, 5.41) is 2.66. The molecule has 2 aromatic carbocycles. The van der Waals surface area contributed by atoms with Crippen LogP contribution in [0.4, 0.5) is 10.5 Å². The summed E-state index contributed by atoms with van der Waals surface area (Å²) in [6.45, 7) is 5.35. The zero-order chi connectivity index (χ0) is 18.0. The third-order valence-electron chi connectivity index (χ3n) is 3.11. The van der Waals surface area contributed by atoms with Crippen LogP contribution in [-0.4, -0.2) is 26.4 Å². The van der Waals surface area contributed by atoms with Crippen LogP contribution in [0.5, 0.6) is 0 Å². The van der Waals surface area contributed by atoms with E-state index < -0.39 is 21.5 Å². The summed E-state index contributed by atoms with van der Waals surface area (Å²) in [5.74, 6) is 0. The van der Waals surface area contributed by atoms with E-state index in [2.05, 4.69) is 5.32 Å². The normalized spacial score (nSPS) is 11.8. The second-order valence-corrected chi connectivity index (χ2v) is 8.46. The van der Waals surface area contributed by atoms with Gasteiger partial charge in [0.05, 0.1) is 4.90 Å². The molecule has 0 aliphatic carbocycles. The summed E-state index contributed by atoms with van der Waals surface area (Å²) in [5.41, 5.74) is 1.23. The van der Waals surface area contributed by atoms with E-state index in [9.17, 15) is 13.2 Å². The topological polar surface area (TPSA) is 72.5 Å². The van der Waals surface area contributed by atoms with Gasteiger partial charge in [0.2, 0.25) is 0 Å². The number of amides is 1. The second kappa shape index (κ2) is 6.65. The Hall–Kier alpha value is -2.34. The Morgan fingerprint density at radius 2 is 1.71 bits per heavy atom. The van der Waals surface area contributed by atoms with Crippen molar-refractivity contribution in [3.8, 4) is 11.1 Å². The molecular formula is C18H21NO4S. The highest BCUT2D eigenvalue weighted by Crippen LogP contribution is 2.29. The Labute approximate surface area is 142 Å². The number of ether oxygens (including phenoxy) is 1. The molecule has 0 saturated heterocycles. The van der Waals surface area contributed by atoms with Crippen LogP contribution in [0, 0.1) is 0 Å². The minimum Gasteiger partial charge on any atom is -0.444 e. The lowest BCUT2D eigenvalue weighted by Crippen LogP contribution is -2.27. The first-order chi connectivity index (χ1) is 11.1. The smallest absolute Gasteiger partial charge is 0.412 e. The van der Waals surface area contributed by atoms with Crippen molar-refractivity contribution in [1.29, 1.82) is 0 Å². The van der Waals surface area contributed by atoms with Crippen molar-refractivity contribution in [1.82, 2.24) is 0 Å². The second-order valence-electron chi connectivity index (χ2n) is 6.48. The van der Waals surface area contributed by atoms with E-state index in [0.717, 1.165) is 0 Å². The SMILES string of the molecule is CC(C)(C)OC(=O)Nc1cccc(-c2ccccc2S(C)(=O)=O)c1. The van der Waals surface area contributed by atoms with E-state index in [0.29, 0.717) is 16.8 Å². The maximum Gasteiger partial charge on any atom is 0.412 e. The highest BCUT2D eigenvalue weighted by molar-refractivity contribution is 7.90. The summed E-state index contributed by atoms with van der Waals surface area (Å²) >= 11 is 0. The molecule has 6 heteroatoms. The van der Waals surface area contributed by atoms with Crippen molar-refractivity contribution in [2.24, 2.45) is 0 Å². The molecule has 128 valence electrons. The number of anilines is 1. The molecule has 0 bridgehead atoms. The molecule has 2 aromatic rings. The van der Waals surface area contributed by atoms with Gasteiger partial charge in [-0.3, -0.25) is 5.32 Å². The Balaban J connectivity index is 2.34. The van der Waals surface area contributed by atoms with Gasteiger partial charge in [0.15, 0.2) is 9.84 Å². The number of carbonyl (C=O) groups is 1. The first-order valence-corrected chi connectivity index (χ1v) is 9.35. The number of benzene rings is 2. The standard InChI is InChI=1S/C18H21NO4S/c1-18(2,3)23-17(20)19-14-9-7-8-13(12-14)15-10-5-6-11-16(15)24(4,21)22/h5-12H,1-4H3,(H,19,20). The minimum atomic E-state index is -3.35. The molecule has 5 nitrogen and oxygen atoms in total. The number of rotatable bonds is 3. The quantitative estimate of drug-likeness (QED) is 0.907. The molecule has 0 aromatic heterocycles. The van der Waals surface area contributed by atoms with E-state index in [1.54, 1.807) is 69.3 Å². The number of hydrogen-bond donors (Lipinski definition) is 1.